The molecular formula is C13H16O. The van der Waals surface area contributed by atoms with Crippen molar-refractivity contribution >= 4 is 11.9 Å². The molecule has 0 saturated carbocycles. The maximum absolute atomic E-state index is 11.3. The van der Waals surface area contributed by atoms with E-state index < -0.39 is 0 Å². The molecule has 0 radical (unpaired) electrons. The van der Waals surface area contributed by atoms with Gasteiger partial charge in [-0.25, -0.2) is 0 Å². The monoisotopic (exact) mass is 188 g/mol. The lowest BCUT2D eigenvalue weighted by molar-refractivity contribution is -0.114. The summed E-state index contributed by atoms with van der Waals surface area (Å²) >= 11 is 0. The van der Waals surface area contributed by atoms with Crippen LogP contribution in [0.25, 0.3) is 6.08 Å². The van der Waals surface area contributed by atoms with Crippen LogP contribution in [0.15, 0.2) is 36.4 Å². The van der Waals surface area contributed by atoms with Crippen LogP contribution in [0.3, 0.4) is 0 Å². The van der Waals surface area contributed by atoms with Gasteiger partial charge >= 0.3 is 0 Å². The van der Waals surface area contributed by atoms with E-state index in [9.17, 15) is 4.79 Å². The molecule has 0 aromatic heterocycles. The average Bonchev–Trinajstić information content (AvgIpc) is 2.25. The van der Waals surface area contributed by atoms with Gasteiger partial charge in [-0.05, 0) is 18.1 Å². The van der Waals surface area contributed by atoms with Crippen LogP contribution < -0.4 is 0 Å². The highest BCUT2D eigenvalue weighted by Gasteiger charge is 1.94. The molecule has 0 aliphatic rings. The summed E-state index contributed by atoms with van der Waals surface area (Å²) in [6.07, 6.45) is 6.27. The van der Waals surface area contributed by atoms with Gasteiger partial charge < -0.3 is 0 Å². The summed E-state index contributed by atoms with van der Waals surface area (Å²) < 4.78 is 0. The quantitative estimate of drug-likeness (QED) is 0.647. The molecule has 14 heavy (non-hydrogen) atoms. The summed E-state index contributed by atoms with van der Waals surface area (Å²) in [6.45, 7) is 2.09. The molecule has 1 aromatic carbocycles. The molecule has 0 bridgehead atoms. The zero-order chi connectivity index (χ0) is 10.2. The van der Waals surface area contributed by atoms with E-state index in [2.05, 4.69) is 6.92 Å². The van der Waals surface area contributed by atoms with E-state index in [0.29, 0.717) is 6.42 Å². The molecule has 0 N–H and O–H groups in total. The molecule has 0 aliphatic carbocycles. The normalized spacial score (nSPS) is 10.6. The van der Waals surface area contributed by atoms with Crippen LogP contribution in [0.5, 0.6) is 0 Å². The number of unbranched alkanes of at least 4 members (excludes halogenated alkanes) is 1. The predicted molar refractivity (Wildman–Crippen MR) is 60.0 cm³/mol. The van der Waals surface area contributed by atoms with Crippen LogP contribution in [0.1, 0.15) is 31.7 Å². The smallest absolute Gasteiger partial charge is 0.155 e. The van der Waals surface area contributed by atoms with E-state index in [4.69, 9.17) is 0 Å². The Labute approximate surface area is 85.5 Å². The van der Waals surface area contributed by atoms with E-state index in [1.54, 1.807) is 6.08 Å². The zero-order valence-electron chi connectivity index (χ0n) is 8.57. The van der Waals surface area contributed by atoms with Crippen LogP contribution in [0.2, 0.25) is 0 Å². The molecule has 1 rings (SSSR count). The fourth-order valence-corrected chi connectivity index (χ4v) is 1.19. The van der Waals surface area contributed by atoms with Gasteiger partial charge in [0.25, 0.3) is 0 Å². The minimum absolute atomic E-state index is 0.218. The summed E-state index contributed by atoms with van der Waals surface area (Å²) in [5.41, 5.74) is 1.08. The first-order valence-corrected chi connectivity index (χ1v) is 5.09. The zero-order valence-corrected chi connectivity index (χ0v) is 8.57. The summed E-state index contributed by atoms with van der Waals surface area (Å²) in [7, 11) is 0. The van der Waals surface area contributed by atoms with E-state index in [0.717, 1.165) is 18.4 Å². The summed E-state index contributed by atoms with van der Waals surface area (Å²) in [5.74, 6) is 0.218. The number of benzene rings is 1. The van der Waals surface area contributed by atoms with E-state index in [1.807, 2.05) is 36.4 Å². The highest BCUT2D eigenvalue weighted by atomic mass is 16.1. The number of rotatable bonds is 5. The summed E-state index contributed by atoms with van der Waals surface area (Å²) in [6, 6.07) is 9.88. The van der Waals surface area contributed by atoms with Crippen molar-refractivity contribution in [3.8, 4) is 0 Å². The number of allylic oxidation sites excluding steroid dienone is 1. The van der Waals surface area contributed by atoms with Crippen molar-refractivity contribution in [1.29, 1.82) is 0 Å². The molecule has 0 aliphatic heterocycles. The van der Waals surface area contributed by atoms with Crippen molar-refractivity contribution in [2.24, 2.45) is 0 Å². The molecule has 1 heteroatoms. The van der Waals surface area contributed by atoms with Gasteiger partial charge in [-0.1, -0.05) is 49.8 Å². The summed E-state index contributed by atoms with van der Waals surface area (Å²) in [4.78, 5) is 11.3. The second-order valence-electron chi connectivity index (χ2n) is 3.31. The van der Waals surface area contributed by atoms with Crippen LogP contribution in [-0.4, -0.2) is 5.78 Å². The van der Waals surface area contributed by atoms with Gasteiger partial charge in [-0.2, -0.15) is 0 Å². The average molecular weight is 188 g/mol. The molecule has 74 valence electrons. The lowest BCUT2D eigenvalue weighted by Crippen LogP contribution is -1.90. The maximum atomic E-state index is 11.3. The fraction of sp³-hybridized carbons (Fsp3) is 0.308. The van der Waals surface area contributed by atoms with Crippen molar-refractivity contribution in [3.63, 3.8) is 0 Å². The minimum atomic E-state index is 0.218. The van der Waals surface area contributed by atoms with Crippen LogP contribution in [0, 0.1) is 0 Å². The van der Waals surface area contributed by atoms with E-state index in [-0.39, 0.29) is 5.78 Å². The van der Waals surface area contributed by atoms with Crippen LogP contribution >= 0.6 is 0 Å². The van der Waals surface area contributed by atoms with Gasteiger partial charge in [-0.3, -0.25) is 4.79 Å². The highest BCUT2D eigenvalue weighted by molar-refractivity contribution is 5.93. The Morgan fingerprint density at radius 2 is 2.00 bits per heavy atom. The van der Waals surface area contributed by atoms with Crippen LogP contribution in [-0.2, 0) is 4.79 Å². The fourth-order valence-electron chi connectivity index (χ4n) is 1.19. The SMILES string of the molecule is CCCCC(=O)/C=C\c1ccccc1. The molecule has 0 heterocycles. The maximum Gasteiger partial charge on any atom is 0.155 e. The molecule has 0 saturated heterocycles. The minimum Gasteiger partial charge on any atom is -0.295 e. The molecular weight excluding hydrogens is 172 g/mol. The Hall–Kier alpha value is -1.37. The number of hydrogen-bond acceptors (Lipinski definition) is 1. The third kappa shape index (κ3) is 4.04. The van der Waals surface area contributed by atoms with Gasteiger partial charge in [0.2, 0.25) is 0 Å². The Bertz CT molecular complexity index is 298. The van der Waals surface area contributed by atoms with Crippen molar-refractivity contribution < 1.29 is 4.79 Å². The standard InChI is InChI=1S/C13H16O/c1-2-3-9-13(14)11-10-12-7-5-4-6-8-12/h4-8,10-11H,2-3,9H2,1H3/b11-10-. The second-order valence-corrected chi connectivity index (χ2v) is 3.31. The number of carbonyl (C=O) groups excluding carboxylic acids is 1. The highest BCUT2D eigenvalue weighted by Crippen LogP contribution is 2.03. The number of carbonyl (C=O) groups is 1. The van der Waals surface area contributed by atoms with Gasteiger partial charge in [-0.15, -0.1) is 0 Å². The van der Waals surface area contributed by atoms with Gasteiger partial charge in [0.05, 0.1) is 0 Å². The molecule has 1 aromatic rings. The topological polar surface area (TPSA) is 17.1 Å². The van der Waals surface area contributed by atoms with Gasteiger partial charge in [0.1, 0.15) is 0 Å². The summed E-state index contributed by atoms with van der Waals surface area (Å²) in [5, 5.41) is 0. The second kappa shape index (κ2) is 6.14. The van der Waals surface area contributed by atoms with E-state index >= 15 is 0 Å². The largest absolute Gasteiger partial charge is 0.295 e. The molecule has 0 fully saturated rings. The van der Waals surface area contributed by atoms with Crippen LogP contribution in [0.4, 0.5) is 0 Å². The molecule has 0 atom stereocenters. The van der Waals surface area contributed by atoms with Crippen molar-refractivity contribution in [2.75, 3.05) is 0 Å². The lowest BCUT2D eigenvalue weighted by Gasteiger charge is -1.92. The molecule has 1 nitrogen and oxygen atoms in total. The van der Waals surface area contributed by atoms with Gasteiger partial charge in [0, 0.05) is 6.42 Å². The first kappa shape index (κ1) is 10.7. The Kier molecular flexibility index (Phi) is 4.70. The first-order valence-electron chi connectivity index (χ1n) is 5.09. The predicted octanol–water partition coefficient (Wildman–Crippen LogP) is 3.46. The molecule has 0 spiro atoms. The number of ketones is 1. The number of hydrogen-bond donors (Lipinski definition) is 0. The van der Waals surface area contributed by atoms with Crippen molar-refractivity contribution in [1.82, 2.24) is 0 Å². The Morgan fingerprint density at radius 1 is 1.29 bits per heavy atom. The lowest BCUT2D eigenvalue weighted by atomic mass is 10.1. The Balaban J connectivity index is 2.44. The molecule has 0 unspecified atom stereocenters. The van der Waals surface area contributed by atoms with E-state index in [1.165, 1.54) is 0 Å². The molecule has 0 amide bonds. The third-order valence-electron chi connectivity index (χ3n) is 2.04. The van der Waals surface area contributed by atoms with Gasteiger partial charge in [0.15, 0.2) is 5.78 Å². The Morgan fingerprint density at radius 3 is 2.64 bits per heavy atom. The van der Waals surface area contributed by atoms with Crippen molar-refractivity contribution in [2.45, 2.75) is 26.2 Å². The van der Waals surface area contributed by atoms with Crippen molar-refractivity contribution in [3.05, 3.63) is 42.0 Å². The third-order valence-corrected chi connectivity index (χ3v) is 2.04. The first-order chi connectivity index (χ1) is 6.83.